The molecule has 0 saturated carbocycles. The number of benzene rings is 1. The number of carbonyl (C=O) groups is 1. The highest BCUT2D eigenvalue weighted by molar-refractivity contribution is 5.87. The van der Waals surface area contributed by atoms with E-state index >= 15 is 0 Å². The summed E-state index contributed by atoms with van der Waals surface area (Å²) in [4.78, 5) is 10.7. The van der Waals surface area contributed by atoms with Crippen LogP contribution in [-0.2, 0) is 4.79 Å². The van der Waals surface area contributed by atoms with E-state index in [-0.39, 0.29) is 5.78 Å². The minimum absolute atomic E-state index is 0.0955. The molecule has 1 aromatic carbocycles. The Morgan fingerprint density at radius 1 is 1.04 bits per heavy atom. The van der Waals surface area contributed by atoms with Gasteiger partial charge < -0.3 is 4.74 Å². The molecule has 2 heteroatoms. The van der Waals surface area contributed by atoms with Crippen molar-refractivity contribution in [1.29, 1.82) is 0 Å². The molecule has 0 N–H and O–H groups in total. The summed E-state index contributed by atoms with van der Waals surface area (Å²) in [5, 5.41) is 0. The van der Waals surface area contributed by atoms with Gasteiger partial charge in [0.15, 0.2) is 5.78 Å². The summed E-state index contributed by atoms with van der Waals surface area (Å²) in [5.74, 6) is 1.07. The van der Waals surface area contributed by atoms with E-state index in [1.54, 1.807) is 13.0 Å². The fraction of sp³-hybridized carbons (Fsp3) is 0.435. The lowest BCUT2D eigenvalue weighted by Gasteiger charge is -2.07. The van der Waals surface area contributed by atoms with Crippen LogP contribution < -0.4 is 4.74 Å². The molecular weight excluding hydrogens is 308 g/mol. The van der Waals surface area contributed by atoms with Crippen LogP contribution in [0.4, 0.5) is 0 Å². The van der Waals surface area contributed by atoms with E-state index in [9.17, 15) is 4.79 Å². The van der Waals surface area contributed by atoms with Gasteiger partial charge in [0.25, 0.3) is 0 Å². The average Bonchev–Trinajstić information content (AvgIpc) is 2.58. The molecule has 0 aliphatic rings. The molecule has 0 radical (unpaired) electrons. The molecular formula is C23H32O2. The number of aryl methyl sites for hydroxylation is 1. The Hall–Kier alpha value is -2.09. The molecule has 0 saturated heterocycles. The van der Waals surface area contributed by atoms with Crippen molar-refractivity contribution < 1.29 is 9.53 Å². The normalized spacial score (nSPS) is 11.8. The second kappa shape index (κ2) is 13.2. The summed E-state index contributed by atoms with van der Waals surface area (Å²) in [5.41, 5.74) is 2.43. The molecule has 1 rings (SSSR count). The highest BCUT2D eigenvalue weighted by atomic mass is 16.5. The predicted octanol–water partition coefficient (Wildman–Crippen LogP) is 6.45. The first-order valence-electron chi connectivity index (χ1n) is 9.37. The summed E-state index contributed by atoms with van der Waals surface area (Å²) in [6.45, 7) is 6.37. The molecule has 0 aromatic heterocycles. The second-order valence-electron chi connectivity index (χ2n) is 6.25. The van der Waals surface area contributed by atoms with Gasteiger partial charge in [-0.1, -0.05) is 49.3 Å². The topological polar surface area (TPSA) is 26.3 Å². The van der Waals surface area contributed by atoms with Gasteiger partial charge in [0.1, 0.15) is 5.75 Å². The number of rotatable bonds is 12. The predicted molar refractivity (Wildman–Crippen MR) is 108 cm³/mol. The van der Waals surface area contributed by atoms with Gasteiger partial charge in [-0.2, -0.15) is 0 Å². The Morgan fingerprint density at radius 3 is 2.40 bits per heavy atom. The SMILES string of the molecule is CCOc1ccc(/C=C/CCCCCC/C=C/C=C/C(C)=O)cc1C. The number of unbranched alkanes of at least 4 members (excludes halogenated alkanes) is 5. The van der Waals surface area contributed by atoms with Gasteiger partial charge in [0.2, 0.25) is 0 Å². The molecule has 0 bridgehead atoms. The van der Waals surface area contributed by atoms with Crippen molar-refractivity contribution in [2.45, 2.75) is 59.3 Å². The highest BCUT2D eigenvalue weighted by Crippen LogP contribution is 2.20. The molecule has 0 fully saturated rings. The van der Waals surface area contributed by atoms with Crippen molar-refractivity contribution in [3.05, 3.63) is 59.7 Å². The summed E-state index contributed by atoms with van der Waals surface area (Å²) < 4.78 is 5.57. The third-order valence-electron chi connectivity index (χ3n) is 3.88. The Labute approximate surface area is 153 Å². The van der Waals surface area contributed by atoms with Crippen LogP contribution >= 0.6 is 0 Å². The van der Waals surface area contributed by atoms with Crippen molar-refractivity contribution in [3.8, 4) is 5.75 Å². The van der Waals surface area contributed by atoms with E-state index in [2.05, 4.69) is 43.4 Å². The lowest BCUT2D eigenvalue weighted by molar-refractivity contribution is -0.112. The number of ketones is 1. The zero-order valence-electron chi connectivity index (χ0n) is 16.0. The van der Waals surface area contributed by atoms with Crippen LogP contribution in [-0.4, -0.2) is 12.4 Å². The summed E-state index contributed by atoms with van der Waals surface area (Å²) in [6, 6.07) is 6.34. The second-order valence-corrected chi connectivity index (χ2v) is 6.25. The van der Waals surface area contributed by atoms with Crippen LogP contribution in [0.2, 0.25) is 0 Å². The van der Waals surface area contributed by atoms with E-state index in [1.807, 2.05) is 19.1 Å². The summed E-state index contributed by atoms with van der Waals surface area (Å²) in [6.07, 6.45) is 19.2. The van der Waals surface area contributed by atoms with Gasteiger partial charge in [-0.25, -0.2) is 0 Å². The smallest absolute Gasteiger partial charge is 0.152 e. The maximum Gasteiger partial charge on any atom is 0.152 e. The van der Waals surface area contributed by atoms with E-state index < -0.39 is 0 Å². The fourth-order valence-corrected chi connectivity index (χ4v) is 2.56. The molecule has 0 unspecified atom stereocenters. The molecule has 0 atom stereocenters. The minimum Gasteiger partial charge on any atom is -0.494 e. The van der Waals surface area contributed by atoms with Crippen LogP contribution in [0.25, 0.3) is 6.08 Å². The average molecular weight is 341 g/mol. The monoisotopic (exact) mass is 340 g/mol. The molecule has 0 aliphatic heterocycles. The van der Waals surface area contributed by atoms with Gasteiger partial charge in [-0.15, -0.1) is 0 Å². The molecule has 1 aromatic rings. The number of carbonyl (C=O) groups excluding carboxylic acids is 1. The van der Waals surface area contributed by atoms with E-state index in [4.69, 9.17) is 4.74 Å². The van der Waals surface area contributed by atoms with Gasteiger partial charge in [-0.3, -0.25) is 4.79 Å². The Kier molecular flexibility index (Phi) is 11.1. The molecule has 25 heavy (non-hydrogen) atoms. The Balaban J connectivity index is 2.12. The van der Waals surface area contributed by atoms with Crippen LogP contribution in [0, 0.1) is 6.92 Å². The number of hydrogen-bond donors (Lipinski definition) is 0. The van der Waals surface area contributed by atoms with Crippen molar-refractivity contribution in [3.63, 3.8) is 0 Å². The van der Waals surface area contributed by atoms with Crippen LogP contribution in [0.1, 0.15) is 63.5 Å². The molecule has 136 valence electrons. The first kappa shape index (κ1) is 21.0. The van der Waals surface area contributed by atoms with Crippen molar-refractivity contribution in [1.82, 2.24) is 0 Å². The van der Waals surface area contributed by atoms with Crippen LogP contribution in [0.3, 0.4) is 0 Å². The van der Waals surface area contributed by atoms with Crippen LogP contribution in [0.5, 0.6) is 5.75 Å². The number of allylic oxidation sites excluding steroid dienone is 5. The highest BCUT2D eigenvalue weighted by Gasteiger charge is 1.98. The number of hydrogen-bond acceptors (Lipinski definition) is 2. The third kappa shape index (κ3) is 10.4. The fourth-order valence-electron chi connectivity index (χ4n) is 2.56. The third-order valence-corrected chi connectivity index (χ3v) is 3.88. The quantitative estimate of drug-likeness (QED) is 0.248. The molecule has 2 nitrogen and oxygen atoms in total. The Bertz CT molecular complexity index is 594. The first-order valence-corrected chi connectivity index (χ1v) is 9.37. The van der Waals surface area contributed by atoms with Crippen molar-refractivity contribution >= 4 is 11.9 Å². The van der Waals surface area contributed by atoms with Gasteiger partial charge >= 0.3 is 0 Å². The number of ether oxygens (including phenoxy) is 1. The van der Waals surface area contributed by atoms with Crippen LogP contribution in [0.15, 0.2) is 48.6 Å². The molecule has 0 aliphatic carbocycles. The maximum absolute atomic E-state index is 10.7. The zero-order chi connectivity index (χ0) is 18.3. The standard InChI is InChI=1S/C23H32O2/c1-4-25-23-18-17-22(19-20(23)2)16-14-12-10-8-6-5-7-9-11-13-15-21(3)24/h9,11,13-19H,4-8,10,12H2,1-3H3/b11-9+,15-13+,16-14+. The van der Waals surface area contributed by atoms with Gasteiger partial charge in [0, 0.05) is 0 Å². The maximum atomic E-state index is 10.7. The van der Waals surface area contributed by atoms with E-state index in [0.717, 1.165) is 18.6 Å². The van der Waals surface area contributed by atoms with Gasteiger partial charge in [0.05, 0.1) is 6.61 Å². The molecule has 0 amide bonds. The van der Waals surface area contributed by atoms with Crippen molar-refractivity contribution in [2.24, 2.45) is 0 Å². The largest absolute Gasteiger partial charge is 0.494 e. The van der Waals surface area contributed by atoms with E-state index in [0.29, 0.717) is 6.61 Å². The summed E-state index contributed by atoms with van der Waals surface area (Å²) >= 11 is 0. The molecule has 0 heterocycles. The lowest BCUT2D eigenvalue weighted by Crippen LogP contribution is -1.93. The van der Waals surface area contributed by atoms with E-state index in [1.165, 1.54) is 36.8 Å². The minimum atomic E-state index is 0.0955. The van der Waals surface area contributed by atoms with Crippen molar-refractivity contribution in [2.75, 3.05) is 6.61 Å². The Morgan fingerprint density at radius 2 is 1.76 bits per heavy atom. The lowest BCUT2D eigenvalue weighted by atomic mass is 10.1. The van der Waals surface area contributed by atoms with Gasteiger partial charge in [-0.05, 0) is 75.8 Å². The zero-order valence-corrected chi connectivity index (χ0v) is 16.0. The first-order chi connectivity index (χ1) is 12.1. The summed E-state index contributed by atoms with van der Waals surface area (Å²) in [7, 11) is 0. The molecule has 0 spiro atoms.